The third-order valence-electron chi connectivity index (χ3n) is 6.01. The van der Waals surface area contributed by atoms with Crippen molar-refractivity contribution in [3.63, 3.8) is 0 Å². The van der Waals surface area contributed by atoms with Gasteiger partial charge in [0.1, 0.15) is 19.0 Å². The second-order valence-corrected chi connectivity index (χ2v) is 10.7. The lowest BCUT2D eigenvalue weighted by Crippen LogP contribution is -2.61. The number of nitrogens with one attached hydrogen (secondary N) is 4. The Morgan fingerprint density at radius 3 is 2.59 bits per heavy atom. The minimum atomic E-state index is -4.08. The third-order valence-corrected chi connectivity index (χ3v) is 7.25. The fourth-order valence-electron chi connectivity index (χ4n) is 4.37. The topological polar surface area (TPSA) is 220 Å². The van der Waals surface area contributed by atoms with Gasteiger partial charge in [-0.15, -0.1) is 0 Å². The van der Waals surface area contributed by atoms with E-state index in [2.05, 4.69) is 10.0 Å². The molecule has 0 bridgehead atoms. The molecule has 1 amide bonds. The van der Waals surface area contributed by atoms with Gasteiger partial charge in [0, 0.05) is 26.5 Å². The van der Waals surface area contributed by atoms with E-state index in [1.807, 2.05) is 0 Å². The molecular formula is C23H32N8O9S. The van der Waals surface area contributed by atoms with Gasteiger partial charge in [-0.05, 0) is 25.3 Å². The molecule has 2 atom stereocenters. The van der Waals surface area contributed by atoms with E-state index in [0.717, 1.165) is 10.8 Å². The van der Waals surface area contributed by atoms with Gasteiger partial charge in [-0.1, -0.05) is 35.8 Å². The molecule has 4 N–H and O–H groups in total. The van der Waals surface area contributed by atoms with Crippen LogP contribution in [0.1, 0.15) is 25.3 Å². The molecule has 2 unspecified atom stereocenters. The van der Waals surface area contributed by atoms with E-state index in [1.54, 1.807) is 42.7 Å². The molecule has 0 aliphatic carbocycles. The van der Waals surface area contributed by atoms with Crippen molar-refractivity contribution in [2.24, 2.45) is 0 Å². The van der Waals surface area contributed by atoms with Crippen LogP contribution in [-0.4, -0.2) is 71.9 Å². The quantitative estimate of drug-likeness (QED) is 0.103. The Kier molecular flexibility index (Phi) is 10.6. The lowest BCUT2D eigenvalue weighted by Gasteiger charge is -2.41. The number of piperidine rings is 1. The number of methoxy groups -OCH3 is 1. The van der Waals surface area contributed by atoms with Crippen molar-refractivity contribution in [2.75, 3.05) is 25.0 Å². The largest absolute Gasteiger partial charge is 0.364 e. The monoisotopic (exact) mass is 596 g/mol. The molecule has 1 saturated heterocycles. The highest BCUT2D eigenvalue weighted by molar-refractivity contribution is 7.91. The zero-order valence-electron chi connectivity index (χ0n) is 22.4. The molecule has 1 fully saturated rings. The van der Waals surface area contributed by atoms with Gasteiger partial charge in [-0.2, -0.15) is 0 Å². The maximum absolute atomic E-state index is 13.2. The summed E-state index contributed by atoms with van der Waals surface area (Å²) in [5, 5.41) is 20.6. The van der Waals surface area contributed by atoms with Crippen LogP contribution in [-0.2, 0) is 43.3 Å². The number of carbonyl (C=O) groups excluding carboxylic acids is 1. The van der Waals surface area contributed by atoms with Crippen molar-refractivity contribution in [1.29, 1.82) is 5.41 Å². The number of aromatic nitrogens is 2. The number of hydrogen-bond donors (Lipinski definition) is 4. The van der Waals surface area contributed by atoms with Gasteiger partial charge >= 0.3 is 5.69 Å². The highest BCUT2D eigenvalue weighted by atomic mass is 32.2. The van der Waals surface area contributed by atoms with Crippen LogP contribution < -0.4 is 26.7 Å². The molecule has 0 saturated carbocycles. The van der Waals surface area contributed by atoms with Crippen molar-refractivity contribution in [1.82, 2.24) is 24.8 Å². The van der Waals surface area contributed by atoms with Gasteiger partial charge in [0.15, 0.2) is 11.3 Å². The highest BCUT2D eigenvalue weighted by Gasteiger charge is 2.36. The highest BCUT2D eigenvalue weighted by Crippen LogP contribution is 2.19. The molecule has 1 aliphatic rings. The van der Waals surface area contributed by atoms with Crippen molar-refractivity contribution in [2.45, 2.75) is 51.1 Å². The lowest BCUT2D eigenvalue weighted by atomic mass is 10.0. The van der Waals surface area contributed by atoms with Crippen LogP contribution in [0.4, 0.5) is 5.69 Å². The van der Waals surface area contributed by atoms with E-state index in [9.17, 15) is 32.9 Å². The first-order chi connectivity index (χ1) is 19.5. The molecule has 2 heterocycles. The molecule has 41 heavy (non-hydrogen) atoms. The average Bonchev–Trinajstić information content (AvgIpc) is 2.90. The molecule has 1 aromatic carbocycles. The number of nitrogens with zero attached hydrogens (tertiary/aromatic N) is 4. The molecule has 2 aromatic rings. The van der Waals surface area contributed by atoms with Crippen molar-refractivity contribution >= 4 is 27.6 Å². The molecule has 0 radical (unpaired) electrons. The first-order valence-electron chi connectivity index (χ1n) is 12.5. The van der Waals surface area contributed by atoms with E-state index in [0.29, 0.717) is 23.0 Å². The summed E-state index contributed by atoms with van der Waals surface area (Å²) in [4.78, 5) is 51.3. The Bertz CT molecular complexity index is 1480. The normalized spacial score (nSPS) is 17.1. The number of ether oxygens (including phenoxy) is 2. The van der Waals surface area contributed by atoms with Gasteiger partial charge in [-0.3, -0.25) is 24.3 Å². The third kappa shape index (κ3) is 8.35. The van der Waals surface area contributed by atoms with Crippen molar-refractivity contribution in [3.8, 4) is 0 Å². The van der Waals surface area contributed by atoms with Crippen LogP contribution in [0.5, 0.6) is 0 Å². The van der Waals surface area contributed by atoms with Crippen LogP contribution in [0.3, 0.4) is 0 Å². The van der Waals surface area contributed by atoms with Crippen LogP contribution in [0.15, 0.2) is 46.1 Å². The number of carbonyl (C=O) groups is 1. The Hall–Kier alpha value is -4.29. The molecular weight excluding hydrogens is 564 g/mol. The fourth-order valence-corrected chi connectivity index (χ4v) is 5.55. The summed E-state index contributed by atoms with van der Waals surface area (Å²) < 4.78 is 39.9. The minimum absolute atomic E-state index is 0.172. The number of hydrogen-bond acceptors (Lipinski definition) is 10. The Morgan fingerprint density at radius 2 is 1.95 bits per heavy atom. The predicted octanol–water partition coefficient (Wildman–Crippen LogP) is -0.785. The summed E-state index contributed by atoms with van der Waals surface area (Å²) in [6.07, 6.45) is 0.912. The number of nitro groups is 1. The molecule has 0 spiro atoms. The zero-order valence-corrected chi connectivity index (χ0v) is 23.3. The average molecular weight is 597 g/mol. The second kappa shape index (κ2) is 13.9. The van der Waals surface area contributed by atoms with Gasteiger partial charge in [0.25, 0.3) is 11.5 Å². The molecule has 224 valence electrons. The number of guanidine groups is 1. The molecule has 17 nitrogen and oxygen atoms in total. The smallest absolute Gasteiger partial charge is 0.333 e. The number of rotatable bonds is 12. The zero-order chi connectivity index (χ0) is 30.2. The lowest BCUT2D eigenvalue weighted by molar-refractivity contribution is -0.527. The maximum atomic E-state index is 13.2. The summed E-state index contributed by atoms with van der Waals surface area (Å²) in [5.74, 6) is -1.74. The summed E-state index contributed by atoms with van der Waals surface area (Å²) in [6.45, 7) is 1.01. The first-order valence-corrected chi connectivity index (χ1v) is 14.2. The fraction of sp³-hybridized carbons (Fsp3) is 0.478. The standard InChI is InChI=1S/C23H32N8O9S/c1-3-40-21-17(10-7-11-29(21)22(24)26-31(35)36)25-19(32)13-30-20(33)18(12-28(15-39-2)23(30)34)27-41(37,38)14-16-8-5-4-6-9-16/h4-6,8-9,12,17,21,27H,3,7,10-11,13-15H2,1-2H3,(H2,24,26)(H,25,32). The number of sulfonamides is 1. The first kappa shape index (κ1) is 31.2. The van der Waals surface area contributed by atoms with Crippen LogP contribution in [0.2, 0.25) is 0 Å². The summed E-state index contributed by atoms with van der Waals surface area (Å²) in [7, 11) is -2.78. The molecule has 1 aliphatic heterocycles. The Labute approximate surface area is 234 Å². The van der Waals surface area contributed by atoms with Crippen molar-refractivity contribution < 1.29 is 27.7 Å². The summed E-state index contributed by atoms with van der Waals surface area (Å²) >= 11 is 0. The summed E-state index contributed by atoms with van der Waals surface area (Å²) in [5.41, 5.74) is -0.178. The summed E-state index contributed by atoms with van der Waals surface area (Å²) in [6, 6.07) is 7.52. The van der Waals surface area contributed by atoms with E-state index in [4.69, 9.17) is 14.9 Å². The van der Waals surface area contributed by atoms with Gasteiger partial charge in [0.05, 0.1) is 11.8 Å². The van der Waals surface area contributed by atoms with Crippen LogP contribution >= 0.6 is 0 Å². The minimum Gasteiger partial charge on any atom is -0.364 e. The Morgan fingerprint density at radius 1 is 1.24 bits per heavy atom. The van der Waals surface area contributed by atoms with Crippen molar-refractivity contribution in [3.05, 3.63) is 73.0 Å². The number of anilines is 1. The number of likely N-dealkylation sites (tertiary alicyclic amines) is 1. The molecule has 18 heteroatoms. The van der Waals surface area contributed by atoms with E-state index >= 15 is 0 Å². The number of benzene rings is 1. The van der Waals surface area contributed by atoms with Gasteiger partial charge in [0.2, 0.25) is 15.9 Å². The maximum Gasteiger partial charge on any atom is 0.333 e. The molecule has 1 aromatic heterocycles. The van der Waals surface area contributed by atoms with Gasteiger partial charge < -0.3 is 19.7 Å². The predicted molar refractivity (Wildman–Crippen MR) is 146 cm³/mol. The number of hydrazine groups is 1. The molecule has 3 rings (SSSR count). The van der Waals surface area contributed by atoms with E-state index in [-0.39, 0.29) is 19.9 Å². The SMILES string of the molecule is CCOC1C(NC(=O)Cn2c(=O)c(NS(=O)(=O)Cc3ccccc3)cn(COC)c2=O)CCCN1C(=N)N[N+](=O)[O-]. The van der Waals surface area contributed by atoms with E-state index in [1.165, 1.54) is 12.0 Å². The second-order valence-electron chi connectivity index (χ2n) is 9.02. The van der Waals surface area contributed by atoms with Crippen LogP contribution in [0.25, 0.3) is 0 Å². The Balaban J connectivity index is 1.85. The van der Waals surface area contributed by atoms with E-state index < -0.39 is 68.4 Å². The van der Waals surface area contributed by atoms with Gasteiger partial charge in [-0.25, -0.2) is 27.9 Å². The van der Waals surface area contributed by atoms with Crippen LogP contribution in [0, 0.1) is 15.5 Å². The number of amides is 1.